The van der Waals surface area contributed by atoms with Crippen molar-refractivity contribution in [2.45, 2.75) is 64.8 Å². The normalized spacial score (nSPS) is 21.7. The molecule has 2 amide bonds. The molecule has 3 heteroatoms. The van der Waals surface area contributed by atoms with Gasteiger partial charge in [0.25, 0.3) is 0 Å². The molecule has 1 heterocycles. The van der Waals surface area contributed by atoms with Crippen molar-refractivity contribution >= 4 is 11.8 Å². The Kier molecular flexibility index (Phi) is 3.89. The lowest BCUT2D eigenvalue weighted by Gasteiger charge is -2.41. The Morgan fingerprint density at radius 2 is 1.73 bits per heavy atom. The average Bonchev–Trinajstić information content (AvgIpc) is 2.18. The summed E-state index contributed by atoms with van der Waals surface area (Å²) in [6.45, 7) is 6.16. The highest BCUT2D eigenvalue weighted by Crippen LogP contribution is 2.29. The van der Waals surface area contributed by atoms with Gasteiger partial charge in [0.15, 0.2) is 0 Å². The van der Waals surface area contributed by atoms with Crippen molar-refractivity contribution in [3.8, 4) is 0 Å². The Bertz CT molecular complexity index is 246. The van der Waals surface area contributed by atoms with Crippen molar-refractivity contribution in [1.82, 2.24) is 4.90 Å². The smallest absolute Gasteiger partial charge is 0.229 e. The average molecular weight is 211 g/mol. The fourth-order valence-electron chi connectivity index (χ4n) is 2.34. The van der Waals surface area contributed by atoms with Gasteiger partial charge in [-0.1, -0.05) is 20.3 Å². The number of hydrogen-bond acceptors (Lipinski definition) is 2. The van der Waals surface area contributed by atoms with Crippen molar-refractivity contribution in [1.29, 1.82) is 0 Å². The summed E-state index contributed by atoms with van der Waals surface area (Å²) in [5.41, 5.74) is -0.261. The van der Waals surface area contributed by atoms with Gasteiger partial charge in [-0.15, -0.1) is 0 Å². The molecule has 3 nitrogen and oxygen atoms in total. The van der Waals surface area contributed by atoms with E-state index in [4.69, 9.17) is 0 Å². The Labute approximate surface area is 91.8 Å². The van der Waals surface area contributed by atoms with E-state index in [1.54, 1.807) is 0 Å². The van der Waals surface area contributed by atoms with Gasteiger partial charge in [0.2, 0.25) is 11.8 Å². The largest absolute Gasteiger partial charge is 0.277 e. The van der Waals surface area contributed by atoms with E-state index >= 15 is 0 Å². The fourth-order valence-corrected chi connectivity index (χ4v) is 2.34. The molecule has 0 bridgehead atoms. The number of carbonyl (C=O) groups is 2. The number of rotatable bonds is 4. The Morgan fingerprint density at radius 3 is 2.13 bits per heavy atom. The summed E-state index contributed by atoms with van der Waals surface area (Å²) < 4.78 is 0. The molecule has 1 atom stereocenters. The van der Waals surface area contributed by atoms with Gasteiger partial charge in [-0.25, -0.2) is 0 Å². The van der Waals surface area contributed by atoms with Crippen LogP contribution in [-0.2, 0) is 9.59 Å². The summed E-state index contributed by atoms with van der Waals surface area (Å²) in [6, 6.07) is 0. The first-order chi connectivity index (χ1) is 7.05. The third-order valence-corrected chi connectivity index (χ3v) is 3.37. The van der Waals surface area contributed by atoms with Crippen LogP contribution in [0, 0.1) is 0 Å². The molecule has 1 saturated heterocycles. The van der Waals surface area contributed by atoms with E-state index in [1.165, 1.54) is 4.90 Å². The zero-order valence-electron chi connectivity index (χ0n) is 10.0. The molecule has 1 fully saturated rings. The Morgan fingerprint density at radius 1 is 1.20 bits per heavy atom. The molecule has 0 aliphatic carbocycles. The molecule has 1 rings (SSSR count). The van der Waals surface area contributed by atoms with Gasteiger partial charge in [-0.3, -0.25) is 14.5 Å². The van der Waals surface area contributed by atoms with Gasteiger partial charge in [-0.2, -0.15) is 0 Å². The highest BCUT2D eigenvalue weighted by molar-refractivity contribution is 5.98. The molecule has 0 saturated carbocycles. The summed E-state index contributed by atoms with van der Waals surface area (Å²) in [6.07, 6.45) is 4.54. The van der Waals surface area contributed by atoms with Gasteiger partial charge in [0.1, 0.15) is 0 Å². The number of nitrogens with zero attached hydrogens (tertiary/aromatic N) is 1. The summed E-state index contributed by atoms with van der Waals surface area (Å²) in [5.74, 6) is 0.0353. The summed E-state index contributed by atoms with van der Waals surface area (Å²) in [7, 11) is 0. The van der Waals surface area contributed by atoms with Crippen LogP contribution >= 0.6 is 0 Å². The van der Waals surface area contributed by atoms with E-state index < -0.39 is 0 Å². The van der Waals surface area contributed by atoms with Crippen LogP contribution in [0.15, 0.2) is 0 Å². The minimum absolute atomic E-state index is 0.0176. The summed E-state index contributed by atoms with van der Waals surface area (Å²) in [5, 5.41) is 0. The topological polar surface area (TPSA) is 37.4 Å². The standard InChI is InChI=1S/C12H21NO2/c1-4-9-12(3,5-2)13-10(14)7-6-8-11(13)15/h4-9H2,1-3H3. The van der Waals surface area contributed by atoms with Gasteiger partial charge in [0.05, 0.1) is 0 Å². The number of carbonyl (C=O) groups excluding carboxylic acids is 2. The van der Waals surface area contributed by atoms with E-state index in [1.807, 2.05) is 13.8 Å². The molecule has 0 aromatic rings. The lowest BCUT2D eigenvalue weighted by atomic mass is 9.88. The first-order valence-electron chi connectivity index (χ1n) is 5.91. The van der Waals surface area contributed by atoms with Crippen LogP contribution < -0.4 is 0 Å². The summed E-state index contributed by atoms with van der Waals surface area (Å²) in [4.78, 5) is 25.1. The quantitative estimate of drug-likeness (QED) is 0.670. The minimum atomic E-state index is -0.261. The maximum Gasteiger partial charge on any atom is 0.229 e. The lowest BCUT2D eigenvalue weighted by molar-refractivity contribution is -0.155. The van der Waals surface area contributed by atoms with Crippen LogP contribution in [0.5, 0.6) is 0 Å². The fraction of sp³-hybridized carbons (Fsp3) is 0.833. The van der Waals surface area contributed by atoms with E-state index in [-0.39, 0.29) is 17.4 Å². The number of imide groups is 1. The molecule has 0 N–H and O–H groups in total. The van der Waals surface area contributed by atoms with Crippen LogP contribution in [0.4, 0.5) is 0 Å². The van der Waals surface area contributed by atoms with E-state index in [0.717, 1.165) is 25.7 Å². The Balaban J connectivity index is 2.89. The zero-order valence-corrected chi connectivity index (χ0v) is 10.0. The molecule has 1 aliphatic heterocycles. The highest BCUT2D eigenvalue weighted by atomic mass is 16.2. The molecule has 0 aromatic carbocycles. The van der Waals surface area contributed by atoms with Crippen LogP contribution in [-0.4, -0.2) is 22.3 Å². The van der Waals surface area contributed by atoms with Crippen molar-refractivity contribution < 1.29 is 9.59 Å². The molecule has 0 spiro atoms. The second kappa shape index (κ2) is 4.77. The maximum atomic E-state index is 11.8. The van der Waals surface area contributed by atoms with Crippen LogP contribution in [0.25, 0.3) is 0 Å². The van der Waals surface area contributed by atoms with E-state index in [9.17, 15) is 9.59 Å². The third kappa shape index (κ3) is 2.39. The predicted octanol–water partition coefficient (Wildman–Crippen LogP) is 2.49. The molecule has 0 aromatic heterocycles. The monoisotopic (exact) mass is 211 g/mol. The molecule has 1 unspecified atom stereocenters. The van der Waals surface area contributed by atoms with Crippen molar-refractivity contribution in [3.63, 3.8) is 0 Å². The van der Waals surface area contributed by atoms with E-state index in [2.05, 4.69) is 6.92 Å². The molecular formula is C12H21NO2. The van der Waals surface area contributed by atoms with Gasteiger partial charge in [-0.05, 0) is 26.2 Å². The first-order valence-corrected chi connectivity index (χ1v) is 5.91. The SMILES string of the molecule is CCCC(C)(CC)N1C(=O)CCCC1=O. The highest BCUT2D eigenvalue weighted by Gasteiger charge is 2.39. The minimum Gasteiger partial charge on any atom is -0.277 e. The molecular weight excluding hydrogens is 190 g/mol. The van der Waals surface area contributed by atoms with Crippen LogP contribution in [0.3, 0.4) is 0 Å². The van der Waals surface area contributed by atoms with Crippen LogP contribution in [0.1, 0.15) is 59.3 Å². The lowest BCUT2D eigenvalue weighted by Crippen LogP contribution is -2.54. The molecule has 86 valence electrons. The predicted molar refractivity (Wildman–Crippen MR) is 59.3 cm³/mol. The van der Waals surface area contributed by atoms with Crippen molar-refractivity contribution in [2.24, 2.45) is 0 Å². The van der Waals surface area contributed by atoms with Gasteiger partial charge >= 0.3 is 0 Å². The van der Waals surface area contributed by atoms with E-state index in [0.29, 0.717) is 12.8 Å². The van der Waals surface area contributed by atoms with Crippen LogP contribution in [0.2, 0.25) is 0 Å². The molecule has 1 aliphatic rings. The molecule has 15 heavy (non-hydrogen) atoms. The number of hydrogen-bond donors (Lipinski definition) is 0. The van der Waals surface area contributed by atoms with Gasteiger partial charge < -0.3 is 0 Å². The first kappa shape index (κ1) is 12.2. The second-order valence-corrected chi connectivity index (χ2v) is 4.58. The molecule has 0 radical (unpaired) electrons. The van der Waals surface area contributed by atoms with Crippen molar-refractivity contribution in [3.05, 3.63) is 0 Å². The van der Waals surface area contributed by atoms with Crippen molar-refractivity contribution in [2.75, 3.05) is 0 Å². The van der Waals surface area contributed by atoms with Gasteiger partial charge in [0, 0.05) is 18.4 Å². The Hall–Kier alpha value is -0.860. The number of piperidine rings is 1. The maximum absolute atomic E-state index is 11.8. The third-order valence-electron chi connectivity index (χ3n) is 3.37. The number of amides is 2. The second-order valence-electron chi connectivity index (χ2n) is 4.58. The number of likely N-dealkylation sites (tertiary alicyclic amines) is 1. The zero-order chi connectivity index (χ0) is 11.5. The summed E-state index contributed by atoms with van der Waals surface area (Å²) >= 11 is 0.